The standard InChI is InChI=1S/C26H35N3O6/c1-18(2)22(15-28-25(32)35-26(4,5)6)24(31)34-19(3)33-23(30)12-11-20-7-9-21(10-8-20)16-29-14-13-27-17-29/h7-14,17-19,22H,15-16H2,1-6H3,(H,28,32)/b12-11+. The lowest BCUT2D eigenvalue weighted by Gasteiger charge is -2.24. The van der Waals surface area contributed by atoms with Crippen LogP contribution in [-0.4, -0.2) is 46.0 Å². The van der Waals surface area contributed by atoms with E-state index in [2.05, 4.69) is 10.3 Å². The van der Waals surface area contributed by atoms with Gasteiger partial charge in [0, 0.05) is 38.5 Å². The predicted octanol–water partition coefficient (Wildman–Crippen LogP) is 4.17. The van der Waals surface area contributed by atoms with E-state index in [-0.39, 0.29) is 12.5 Å². The van der Waals surface area contributed by atoms with Crippen LogP contribution in [0.5, 0.6) is 0 Å². The average Bonchev–Trinajstić information content (AvgIpc) is 3.24. The van der Waals surface area contributed by atoms with Crippen molar-refractivity contribution in [3.05, 3.63) is 60.2 Å². The minimum Gasteiger partial charge on any atom is -0.444 e. The summed E-state index contributed by atoms with van der Waals surface area (Å²) >= 11 is 0. The molecule has 0 bridgehead atoms. The summed E-state index contributed by atoms with van der Waals surface area (Å²) in [6.45, 7) is 11.2. The summed E-state index contributed by atoms with van der Waals surface area (Å²) in [6.07, 6.45) is 6.57. The van der Waals surface area contributed by atoms with Crippen LogP contribution in [0.15, 0.2) is 49.1 Å². The van der Waals surface area contributed by atoms with Gasteiger partial charge < -0.3 is 24.1 Å². The van der Waals surface area contributed by atoms with Gasteiger partial charge in [0.1, 0.15) is 5.60 Å². The van der Waals surface area contributed by atoms with Crippen LogP contribution in [0.3, 0.4) is 0 Å². The Morgan fingerprint density at radius 1 is 1.09 bits per heavy atom. The van der Waals surface area contributed by atoms with E-state index in [0.29, 0.717) is 6.54 Å². The maximum Gasteiger partial charge on any atom is 0.407 e. The van der Waals surface area contributed by atoms with Crippen LogP contribution >= 0.6 is 0 Å². The Hall–Kier alpha value is -3.62. The van der Waals surface area contributed by atoms with Crippen molar-refractivity contribution in [1.29, 1.82) is 0 Å². The van der Waals surface area contributed by atoms with Gasteiger partial charge >= 0.3 is 18.0 Å². The molecule has 9 heteroatoms. The fourth-order valence-corrected chi connectivity index (χ4v) is 3.07. The number of nitrogens with zero attached hydrogens (tertiary/aromatic N) is 2. The Kier molecular flexibility index (Phi) is 10.1. The zero-order valence-corrected chi connectivity index (χ0v) is 21.2. The Balaban J connectivity index is 1.82. The van der Waals surface area contributed by atoms with Crippen LogP contribution < -0.4 is 5.32 Å². The van der Waals surface area contributed by atoms with E-state index in [0.717, 1.165) is 11.1 Å². The maximum atomic E-state index is 12.6. The van der Waals surface area contributed by atoms with Gasteiger partial charge in [0.05, 0.1) is 12.2 Å². The molecule has 1 aromatic carbocycles. The number of nitrogens with one attached hydrogen (secondary N) is 1. The van der Waals surface area contributed by atoms with E-state index in [1.54, 1.807) is 39.4 Å². The minimum atomic E-state index is -1.08. The number of hydrogen-bond donors (Lipinski definition) is 1. The quantitative estimate of drug-likeness (QED) is 0.306. The van der Waals surface area contributed by atoms with E-state index in [1.165, 1.54) is 13.0 Å². The molecule has 2 atom stereocenters. The van der Waals surface area contributed by atoms with Crippen molar-refractivity contribution in [1.82, 2.24) is 14.9 Å². The van der Waals surface area contributed by atoms with Gasteiger partial charge in [0.15, 0.2) is 0 Å². The largest absolute Gasteiger partial charge is 0.444 e. The summed E-state index contributed by atoms with van der Waals surface area (Å²) in [5.41, 5.74) is 1.29. The van der Waals surface area contributed by atoms with Crippen LogP contribution in [-0.2, 0) is 30.3 Å². The first-order valence-corrected chi connectivity index (χ1v) is 11.5. The minimum absolute atomic E-state index is 0.0445. The van der Waals surface area contributed by atoms with Gasteiger partial charge in [-0.3, -0.25) is 4.79 Å². The monoisotopic (exact) mass is 485 g/mol. The van der Waals surface area contributed by atoms with Gasteiger partial charge in [0.25, 0.3) is 0 Å². The van der Waals surface area contributed by atoms with Gasteiger partial charge in [-0.05, 0) is 43.9 Å². The summed E-state index contributed by atoms with van der Waals surface area (Å²) in [5.74, 6) is -1.95. The van der Waals surface area contributed by atoms with Crippen molar-refractivity contribution in [2.45, 2.75) is 60.0 Å². The van der Waals surface area contributed by atoms with E-state index in [9.17, 15) is 14.4 Å². The number of carbonyl (C=O) groups is 3. The molecule has 0 aliphatic rings. The number of alkyl carbamates (subject to hydrolysis) is 1. The van der Waals surface area contributed by atoms with Crippen LogP contribution in [0.25, 0.3) is 6.08 Å². The van der Waals surface area contributed by atoms with Gasteiger partial charge in [0.2, 0.25) is 6.29 Å². The summed E-state index contributed by atoms with van der Waals surface area (Å²) in [5, 5.41) is 2.58. The van der Waals surface area contributed by atoms with Gasteiger partial charge in [-0.15, -0.1) is 0 Å². The highest BCUT2D eigenvalue weighted by Crippen LogP contribution is 2.15. The van der Waals surface area contributed by atoms with E-state index in [1.807, 2.05) is 48.9 Å². The van der Waals surface area contributed by atoms with E-state index in [4.69, 9.17) is 14.2 Å². The molecule has 0 aliphatic heterocycles. The highest BCUT2D eigenvalue weighted by atomic mass is 16.7. The van der Waals surface area contributed by atoms with Gasteiger partial charge in [-0.25, -0.2) is 14.6 Å². The Labute approximate surface area is 206 Å². The molecule has 1 amide bonds. The second-order valence-electron chi connectivity index (χ2n) is 9.48. The number of rotatable bonds is 10. The fourth-order valence-electron chi connectivity index (χ4n) is 3.07. The number of benzene rings is 1. The SMILES string of the molecule is CC(OC(=O)/C=C/c1ccc(Cn2ccnc2)cc1)OC(=O)C(CNC(=O)OC(C)(C)C)C(C)C. The summed E-state index contributed by atoms with van der Waals surface area (Å²) in [4.78, 5) is 40.6. The number of hydrogen-bond acceptors (Lipinski definition) is 7. The molecule has 0 saturated heterocycles. The average molecular weight is 486 g/mol. The number of aromatic nitrogens is 2. The van der Waals surface area contributed by atoms with Crippen molar-refractivity contribution in [2.24, 2.45) is 11.8 Å². The van der Waals surface area contributed by atoms with Crippen LogP contribution in [0.4, 0.5) is 4.79 Å². The molecular formula is C26H35N3O6. The van der Waals surface area contributed by atoms with E-state index >= 15 is 0 Å². The first-order chi connectivity index (χ1) is 16.4. The molecule has 0 aliphatic carbocycles. The third-order valence-electron chi connectivity index (χ3n) is 4.85. The lowest BCUT2D eigenvalue weighted by atomic mass is 9.96. The molecule has 2 unspecified atom stereocenters. The van der Waals surface area contributed by atoms with Crippen molar-refractivity contribution in [3.8, 4) is 0 Å². The van der Waals surface area contributed by atoms with Crippen LogP contribution in [0.2, 0.25) is 0 Å². The van der Waals surface area contributed by atoms with Crippen molar-refractivity contribution in [2.75, 3.05) is 6.54 Å². The summed E-state index contributed by atoms with van der Waals surface area (Å²) in [7, 11) is 0. The second kappa shape index (κ2) is 12.7. The normalized spacial score (nSPS) is 13.3. The fraction of sp³-hybridized carbons (Fsp3) is 0.462. The maximum absolute atomic E-state index is 12.6. The molecule has 0 saturated carbocycles. The molecule has 1 aromatic heterocycles. The van der Waals surface area contributed by atoms with Crippen molar-refractivity contribution < 1.29 is 28.6 Å². The molecule has 9 nitrogen and oxygen atoms in total. The topological polar surface area (TPSA) is 109 Å². The number of esters is 2. The molecule has 35 heavy (non-hydrogen) atoms. The zero-order chi connectivity index (χ0) is 26.0. The molecule has 0 spiro atoms. The first kappa shape index (κ1) is 27.6. The van der Waals surface area contributed by atoms with Crippen LogP contribution in [0.1, 0.15) is 52.7 Å². The van der Waals surface area contributed by atoms with Crippen LogP contribution in [0, 0.1) is 11.8 Å². The molecule has 190 valence electrons. The lowest BCUT2D eigenvalue weighted by Crippen LogP contribution is -2.40. The number of ether oxygens (including phenoxy) is 3. The second-order valence-corrected chi connectivity index (χ2v) is 9.48. The zero-order valence-electron chi connectivity index (χ0n) is 21.2. The first-order valence-electron chi connectivity index (χ1n) is 11.5. The molecule has 2 aromatic rings. The third-order valence-corrected chi connectivity index (χ3v) is 4.85. The predicted molar refractivity (Wildman–Crippen MR) is 131 cm³/mol. The van der Waals surface area contributed by atoms with E-state index < -0.39 is 35.8 Å². The molecule has 0 radical (unpaired) electrons. The number of amides is 1. The Bertz CT molecular complexity index is 991. The molecule has 1 heterocycles. The Morgan fingerprint density at radius 3 is 2.34 bits per heavy atom. The van der Waals surface area contributed by atoms with Crippen molar-refractivity contribution >= 4 is 24.1 Å². The molecule has 1 N–H and O–H groups in total. The van der Waals surface area contributed by atoms with Gasteiger partial charge in [-0.2, -0.15) is 0 Å². The number of imidazole rings is 1. The lowest BCUT2D eigenvalue weighted by molar-refractivity contribution is -0.185. The highest BCUT2D eigenvalue weighted by molar-refractivity contribution is 5.87. The van der Waals surface area contributed by atoms with Gasteiger partial charge in [-0.1, -0.05) is 38.1 Å². The number of carbonyl (C=O) groups excluding carboxylic acids is 3. The third kappa shape index (κ3) is 10.5. The molecular weight excluding hydrogens is 450 g/mol. The summed E-state index contributed by atoms with van der Waals surface area (Å²) < 4.78 is 17.6. The molecule has 2 rings (SSSR count). The molecule has 0 fully saturated rings. The smallest absolute Gasteiger partial charge is 0.407 e. The summed E-state index contributed by atoms with van der Waals surface area (Å²) in [6, 6.07) is 7.72. The highest BCUT2D eigenvalue weighted by Gasteiger charge is 2.27. The Morgan fingerprint density at radius 2 is 1.77 bits per heavy atom. The van der Waals surface area contributed by atoms with Crippen molar-refractivity contribution in [3.63, 3.8) is 0 Å².